The first kappa shape index (κ1) is 15.9. The fourth-order valence-electron chi connectivity index (χ4n) is 2.47. The summed E-state index contributed by atoms with van der Waals surface area (Å²) in [5.74, 6) is 0.939. The summed E-state index contributed by atoms with van der Waals surface area (Å²) in [6, 6.07) is 7.93. The van der Waals surface area contributed by atoms with Crippen LogP contribution in [0, 0.1) is 6.92 Å². The second-order valence-corrected chi connectivity index (χ2v) is 6.23. The molecule has 0 saturated carbocycles. The molecule has 1 aliphatic heterocycles. The maximum atomic E-state index is 12.2. The van der Waals surface area contributed by atoms with Gasteiger partial charge in [-0.3, -0.25) is 4.79 Å². The van der Waals surface area contributed by atoms with Gasteiger partial charge in [0.1, 0.15) is 6.04 Å². The molecule has 0 aromatic heterocycles. The molecule has 1 atom stereocenters. The summed E-state index contributed by atoms with van der Waals surface area (Å²) in [7, 11) is 1.37. The van der Waals surface area contributed by atoms with Crippen molar-refractivity contribution in [2.45, 2.75) is 31.6 Å². The summed E-state index contributed by atoms with van der Waals surface area (Å²) < 4.78 is 4.76. The van der Waals surface area contributed by atoms with Crippen LogP contribution >= 0.6 is 11.8 Å². The van der Waals surface area contributed by atoms with E-state index in [0.29, 0.717) is 18.7 Å². The molecule has 4 nitrogen and oxygen atoms in total. The second kappa shape index (κ2) is 7.50. The number of aryl methyl sites for hydroxylation is 1. The molecule has 0 aliphatic carbocycles. The molecule has 114 valence electrons. The van der Waals surface area contributed by atoms with Crippen molar-refractivity contribution in [1.29, 1.82) is 0 Å². The lowest BCUT2D eigenvalue weighted by molar-refractivity contribution is -0.150. The van der Waals surface area contributed by atoms with Gasteiger partial charge >= 0.3 is 5.97 Å². The van der Waals surface area contributed by atoms with E-state index < -0.39 is 0 Å². The molecule has 1 saturated heterocycles. The molecule has 1 aromatic rings. The Hall–Kier alpha value is -1.49. The lowest BCUT2D eigenvalue weighted by Gasteiger charge is -2.22. The third-order valence-electron chi connectivity index (χ3n) is 3.66. The summed E-state index contributed by atoms with van der Waals surface area (Å²) in [6.45, 7) is 2.71. The average molecular weight is 307 g/mol. The van der Waals surface area contributed by atoms with Crippen molar-refractivity contribution in [3.63, 3.8) is 0 Å². The maximum absolute atomic E-state index is 12.2. The third kappa shape index (κ3) is 4.24. The Morgan fingerprint density at radius 3 is 2.71 bits per heavy atom. The highest BCUT2D eigenvalue weighted by Crippen LogP contribution is 2.21. The zero-order valence-electron chi connectivity index (χ0n) is 12.5. The molecule has 0 N–H and O–H groups in total. The van der Waals surface area contributed by atoms with Crippen molar-refractivity contribution in [1.82, 2.24) is 4.90 Å². The van der Waals surface area contributed by atoms with Crippen LogP contribution in [0.5, 0.6) is 0 Å². The SMILES string of the molecule is COC(=O)C1CCCN1C(=O)CSCc1ccc(C)cc1. The van der Waals surface area contributed by atoms with Gasteiger partial charge in [0.05, 0.1) is 12.9 Å². The van der Waals surface area contributed by atoms with Crippen LogP contribution < -0.4 is 0 Å². The molecule has 0 spiro atoms. The van der Waals surface area contributed by atoms with Crippen LogP contribution in [-0.4, -0.2) is 42.2 Å². The van der Waals surface area contributed by atoms with Gasteiger partial charge < -0.3 is 9.64 Å². The van der Waals surface area contributed by atoms with E-state index in [1.165, 1.54) is 18.2 Å². The highest BCUT2D eigenvalue weighted by molar-refractivity contribution is 7.99. The van der Waals surface area contributed by atoms with Crippen LogP contribution in [0.1, 0.15) is 24.0 Å². The third-order valence-corrected chi connectivity index (χ3v) is 4.65. The van der Waals surface area contributed by atoms with Crippen LogP contribution in [0.3, 0.4) is 0 Å². The molecule has 1 amide bonds. The molecular formula is C16H21NO3S. The van der Waals surface area contributed by atoms with E-state index in [9.17, 15) is 9.59 Å². The molecule has 1 aliphatic rings. The van der Waals surface area contributed by atoms with E-state index in [1.54, 1.807) is 16.7 Å². The molecule has 2 rings (SSSR count). The number of carbonyl (C=O) groups excluding carboxylic acids is 2. The smallest absolute Gasteiger partial charge is 0.328 e. The Morgan fingerprint density at radius 2 is 2.05 bits per heavy atom. The standard InChI is InChI=1S/C16H21NO3S/c1-12-5-7-13(8-6-12)10-21-11-15(18)17-9-3-4-14(17)16(19)20-2/h5-8,14H,3-4,9-11H2,1-2H3. The van der Waals surface area contributed by atoms with Crippen LogP contribution in [-0.2, 0) is 20.1 Å². The molecule has 1 fully saturated rings. The predicted octanol–water partition coefficient (Wildman–Crippen LogP) is 2.39. The van der Waals surface area contributed by atoms with Gasteiger partial charge in [-0.15, -0.1) is 11.8 Å². The van der Waals surface area contributed by atoms with Crippen molar-refractivity contribution in [3.8, 4) is 0 Å². The lowest BCUT2D eigenvalue weighted by atomic mass is 10.2. The van der Waals surface area contributed by atoms with E-state index in [1.807, 2.05) is 0 Å². The Balaban J connectivity index is 1.81. The monoisotopic (exact) mass is 307 g/mol. The number of esters is 1. The van der Waals surface area contributed by atoms with Gasteiger partial charge in [0.25, 0.3) is 0 Å². The van der Waals surface area contributed by atoms with Gasteiger partial charge in [-0.05, 0) is 25.3 Å². The highest BCUT2D eigenvalue weighted by atomic mass is 32.2. The van der Waals surface area contributed by atoms with E-state index in [4.69, 9.17) is 4.74 Å². The zero-order valence-corrected chi connectivity index (χ0v) is 13.3. The first-order valence-electron chi connectivity index (χ1n) is 7.12. The summed E-state index contributed by atoms with van der Waals surface area (Å²) in [4.78, 5) is 25.5. The normalized spacial score (nSPS) is 17.8. The molecule has 1 heterocycles. The summed E-state index contributed by atoms with van der Waals surface area (Å²) in [5, 5.41) is 0. The first-order valence-corrected chi connectivity index (χ1v) is 8.28. The number of nitrogens with zero attached hydrogens (tertiary/aromatic N) is 1. The van der Waals surface area contributed by atoms with Crippen molar-refractivity contribution in [3.05, 3.63) is 35.4 Å². The Morgan fingerprint density at radius 1 is 1.33 bits per heavy atom. The number of hydrogen-bond acceptors (Lipinski definition) is 4. The van der Waals surface area contributed by atoms with Gasteiger partial charge in [0.15, 0.2) is 0 Å². The maximum Gasteiger partial charge on any atom is 0.328 e. The van der Waals surface area contributed by atoms with Crippen LogP contribution in [0.15, 0.2) is 24.3 Å². The first-order chi connectivity index (χ1) is 10.1. The molecule has 1 unspecified atom stereocenters. The number of ether oxygens (including phenoxy) is 1. The number of methoxy groups -OCH3 is 1. The summed E-state index contributed by atoms with van der Waals surface area (Å²) in [5.41, 5.74) is 2.45. The lowest BCUT2D eigenvalue weighted by Crippen LogP contribution is -2.42. The van der Waals surface area contributed by atoms with E-state index in [-0.39, 0.29) is 17.9 Å². The molecular weight excluding hydrogens is 286 g/mol. The van der Waals surface area contributed by atoms with E-state index in [0.717, 1.165) is 12.2 Å². The number of amides is 1. The fourth-order valence-corrected chi connectivity index (χ4v) is 3.34. The van der Waals surface area contributed by atoms with Crippen molar-refractivity contribution < 1.29 is 14.3 Å². The van der Waals surface area contributed by atoms with E-state index >= 15 is 0 Å². The van der Waals surface area contributed by atoms with Crippen molar-refractivity contribution >= 4 is 23.6 Å². The minimum Gasteiger partial charge on any atom is -0.467 e. The fraction of sp³-hybridized carbons (Fsp3) is 0.500. The number of benzene rings is 1. The Bertz CT molecular complexity index is 501. The van der Waals surface area contributed by atoms with Gasteiger partial charge in [0.2, 0.25) is 5.91 Å². The Labute approximate surface area is 129 Å². The summed E-state index contributed by atoms with van der Waals surface area (Å²) in [6.07, 6.45) is 1.58. The van der Waals surface area contributed by atoms with Gasteiger partial charge in [0, 0.05) is 12.3 Å². The minimum atomic E-state index is -0.387. The highest BCUT2D eigenvalue weighted by Gasteiger charge is 2.34. The molecule has 0 radical (unpaired) electrons. The zero-order chi connectivity index (χ0) is 15.2. The number of thioether (sulfide) groups is 1. The van der Waals surface area contributed by atoms with Crippen LogP contribution in [0.2, 0.25) is 0 Å². The summed E-state index contributed by atoms with van der Waals surface area (Å²) >= 11 is 1.59. The largest absolute Gasteiger partial charge is 0.467 e. The minimum absolute atomic E-state index is 0.0278. The Kier molecular flexibility index (Phi) is 5.67. The van der Waals surface area contributed by atoms with Gasteiger partial charge in [-0.1, -0.05) is 29.8 Å². The van der Waals surface area contributed by atoms with E-state index in [2.05, 4.69) is 31.2 Å². The topological polar surface area (TPSA) is 46.6 Å². The predicted molar refractivity (Wildman–Crippen MR) is 84.1 cm³/mol. The number of likely N-dealkylation sites (tertiary alicyclic amines) is 1. The number of hydrogen-bond donors (Lipinski definition) is 0. The van der Waals surface area contributed by atoms with Crippen LogP contribution in [0.4, 0.5) is 0 Å². The molecule has 21 heavy (non-hydrogen) atoms. The quantitative estimate of drug-likeness (QED) is 0.784. The van der Waals surface area contributed by atoms with Crippen LogP contribution in [0.25, 0.3) is 0 Å². The second-order valence-electron chi connectivity index (χ2n) is 5.25. The van der Waals surface area contributed by atoms with Gasteiger partial charge in [-0.25, -0.2) is 4.79 Å². The number of carbonyl (C=O) groups is 2. The molecule has 5 heteroatoms. The molecule has 0 bridgehead atoms. The molecule has 1 aromatic carbocycles. The van der Waals surface area contributed by atoms with Crippen molar-refractivity contribution in [2.24, 2.45) is 0 Å². The average Bonchev–Trinajstić information content (AvgIpc) is 2.98. The van der Waals surface area contributed by atoms with Gasteiger partial charge in [-0.2, -0.15) is 0 Å². The van der Waals surface area contributed by atoms with Crippen molar-refractivity contribution in [2.75, 3.05) is 19.4 Å². The number of rotatable bonds is 5.